The van der Waals surface area contributed by atoms with Crippen molar-refractivity contribution in [2.75, 3.05) is 53.7 Å². The molecule has 1 saturated carbocycles. The molecular weight excluding hydrogens is 306 g/mol. The minimum Gasteiger partial charge on any atom is -0.382 e. The van der Waals surface area contributed by atoms with Crippen LogP contribution in [0.4, 0.5) is 0 Å². The molecule has 0 radical (unpaired) electrons. The first-order chi connectivity index (χ1) is 11.8. The molecule has 6 heteroatoms. The van der Waals surface area contributed by atoms with Gasteiger partial charge in [-0.2, -0.15) is 0 Å². The predicted octanol–water partition coefficient (Wildman–Crippen LogP) is 2.33. The van der Waals surface area contributed by atoms with Gasteiger partial charge in [0.2, 0.25) is 0 Å². The van der Waals surface area contributed by atoms with E-state index in [1.54, 1.807) is 7.11 Å². The van der Waals surface area contributed by atoms with Crippen molar-refractivity contribution in [3.05, 3.63) is 0 Å². The fourth-order valence-corrected chi connectivity index (χ4v) is 2.98. The van der Waals surface area contributed by atoms with Crippen LogP contribution in [0.15, 0.2) is 4.99 Å². The lowest BCUT2D eigenvalue weighted by Gasteiger charge is -2.37. The van der Waals surface area contributed by atoms with Crippen LogP contribution in [0, 0.1) is 0 Å². The van der Waals surface area contributed by atoms with E-state index in [0.717, 1.165) is 57.9 Å². The van der Waals surface area contributed by atoms with Crippen LogP contribution in [0.1, 0.15) is 51.9 Å². The normalized spacial score (nSPS) is 17.7. The number of hydrogen-bond donors (Lipinski definition) is 2. The maximum atomic E-state index is 6.22. The monoisotopic (exact) mass is 343 g/mol. The first kappa shape index (κ1) is 21.2. The molecule has 1 fully saturated rings. The number of aliphatic imine (C=N–C) groups is 1. The largest absolute Gasteiger partial charge is 0.382 e. The van der Waals surface area contributed by atoms with Crippen LogP contribution in [-0.4, -0.2) is 65.2 Å². The molecular formula is C18H37N3O3. The Balaban J connectivity index is 2.25. The molecule has 0 heterocycles. The van der Waals surface area contributed by atoms with Crippen LogP contribution in [-0.2, 0) is 14.2 Å². The summed E-state index contributed by atoms with van der Waals surface area (Å²) in [4.78, 5) is 4.31. The van der Waals surface area contributed by atoms with Crippen molar-refractivity contribution in [3.8, 4) is 0 Å². The van der Waals surface area contributed by atoms with Gasteiger partial charge in [0.25, 0.3) is 0 Å². The van der Waals surface area contributed by atoms with Gasteiger partial charge in [0.1, 0.15) is 0 Å². The third-order valence-corrected chi connectivity index (χ3v) is 4.37. The summed E-state index contributed by atoms with van der Waals surface area (Å²) in [6, 6.07) is 0. The second-order valence-electron chi connectivity index (χ2n) is 6.40. The molecule has 2 N–H and O–H groups in total. The molecule has 1 aliphatic rings. The van der Waals surface area contributed by atoms with Crippen LogP contribution in [0.2, 0.25) is 0 Å². The Bertz CT molecular complexity index is 331. The van der Waals surface area contributed by atoms with E-state index >= 15 is 0 Å². The molecule has 0 amide bonds. The highest BCUT2D eigenvalue weighted by atomic mass is 16.5. The van der Waals surface area contributed by atoms with E-state index in [1.165, 1.54) is 19.3 Å². The summed E-state index contributed by atoms with van der Waals surface area (Å²) >= 11 is 0. The van der Waals surface area contributed by atoms with Crippen molar-refractivity contribution < 1.29 is 14.2 Å². The third kappa shape index (κ3) is 8.85. The van der Waals surface area contributed by atoms with Gasteiger partial charge in [-0.05, 0) is 25.7 Å². The molecule has 1 aliphatic carbocycles. The number of ether oxygens (including phenoxy) is 3. The smallest absolute Gasteiger partial charge is 0.191 e. The van der Waals surface area contributed by atoms with Crippen molar-refractivity contribution in [2.45, 2.75) is 57.5 Å². The number of methoxy groups -OCH3 is 1. The highest BCUT2D eigenvalue weighted by Gasteiger charge is 2.32. The highest BCUT2D eigenvalue weighted by Crippen LogP contribution is 2.31. The fourth-order valence-electron chi connectivity index (χ4n) is 2.98. The molecule has 0 spiro atoms. The Morgan fingerprint density at radius 3 is 2.50 bits per heavy atom. The van der Waals surface area contributed by atoms with Crippen molar-refractivity contribution in [2.24, 2.45) is 4.99 Å². The zero-order valence-corrected chi connectivity index (χ0v) is 15.9. The molecule has 0 saturated heterocycles. The van der Waals surface area contributed by atoms with E-state index in [9.17, 15) is 0 Å². The topological polar surface area (TPSA) is 64.1 Å². The Hall–Kier alpha value is -0.850. The molecule has 0 atom stereocenters. The summed E-state index contributed by atoms with van der Waals surface area (Å²) in [5.74, 6) is 0.844. The molecule has 24 heavy (non-hydrogen) atoms. The quantitative estimate of drug-likeness (QED) is 0.323. The van der Waals surface area contributed by atoms with Crippen molar-refractivity contribution in [1.82, 2.24) is 10.6 Å². The summed E-state index contributed by atoms with van der Waals surface area (Å²) in [6.45, 7) is 6.71. The van der Waals surface area contributed by atoms with Crippen LogP contribution < -0.4 is 10.6 Å². The summed E-state index contributed by atoms with van der Waals surface area (Å²) in [5.41, 5.74) is -0.0187. The summed E-state index contributed by atoms with van der Waals surface area (Å²) < 4.78 is 16.6. The molecule has 0 aromatic heterocycles. The molecule has 0 aliphatic heterocycles. The van der Waals surface area contributed by atoms with Crippen LogP contribution in [0.5, 0.6) is 0 Å². The number of hydrogen-bond acceptors (Lipinski definition) is 4. The Kier molecular flexibility index (Phi) is 11.9. The van der Waals surface area contributed by atoms with Crippen molar-refractivity contribution in [1.29, 1.82) is 0 Å². The second kappa shape index (κ2) is 13.4. The highest BCUT2D eigenvalue weighted by molar-refractivity contribution is 5.79. The minimum atomic E-state index is -0.0187. The van der Waals surface area contributed by atoms with Crippen LogP contribution in [0.3, 0.4) is 0 Å². The fraction of sp³-hybridized carbons (Fsp3) is 0.944. The number of nitrogens with one attached hydrogen (secondary N) is 2. The molecule has 0 unspecified atom stereocenters. The van der Waals surface area contributed by atoms with Crippen molar-refractivity contribution >= 4 is 5.96 Å². The van der Waals surface area contributed by atoms with Gasteiger partial charge in [0.05, 0.1) is 18.8 Å². The number of nitrogens with zero attached hydrogens (tertiary/aromatic N) is 1. The predicted molar refractivity (Wildman–Crippen MR) is 98.7 cm³/mol. The van der Waals surface area contributed by atoms with Gasteiger partial charge in [-0.1, -0.05) is 26.2 Å². The van der Waals surface area contributed by atoms with E-state index in [0.29, 0.717) is 13.2 Å². The van der Waals surface area contributed by atoms with Gasteiger partial charge in [-0.15, -0.1) is 0 Å². The lowest BCUT2D eigenvalue weighted by Crippen LogP contribution is -2.49. The lowest BCUT2D eigenvalue weighted by atomic mass is 9.84. The van der Waals surface area contributed by atoms with Gasteiger partial charge in [0, 0.05) is 40.5 Å². The van der Waals surface area contributed by atoms with E-state index in [1.807, 2.05) is 7.05 Å². The Morgan fingerprint density at radius 1 is 1.04 bits per heavy atom. The lowest BCUT2D eigenvalue weighted by molar-refractivity contribution is -0.0657. The second-order valence-corrected chi connectivity index (χ2v) is 6.40. The van der Waals surface area contributed by atoms with Crippen LogP contribution >= 0.6 is 0 Å². The molecule has 6 nitrogen and oxygen atoms in total. The van der Waals surface area contributed by atoms with Gasteiger partial charge in [-0.25, -0.2) is 0 Å². The van der Waals surface area contributed by atoms with Gasteiger partial charge in [-0.3, -0.25) is 4.99 Å². The van der Waals surface area contributed by atoms with E-state index in [4.69, 9.17) is 14.2 Å². The molecule has 142 valence electrons. The summed E-state index contributed by atoms with van der Waals surface area (Å²) in [5, 5.41) is 6.80. The van der Waals surface area contributed by atoms with Crippen molar-refractivity contribution in [3.63, 3.8) is 0 Å². The average molecular weight is 344 g/mol. The molecule has 0 bridgehead atoms. The third-order valence-electron chi connectivity index (χ3n) is 4.37. The zero-order valence-electron chi connectivity index (χ0n) is 15.9. The standard InChI is InChI=1S/C18H37N3O3/c1-4-12-24-18(9-6-5-7-10-18)16-21-17(19-2)20-11-8-13-23-15-14-22-3/h4-16H2,1-3H3,(H2,19,20,21). The zero-order chi connectivity index (χ0) is 17.5. The first-order valence-corrected chi connectivity index (χ1v) is 9.41. The summed E-state index contributed by atoms with van der Waals surface area (Å²) in [7, 11) is 3.49. The molecule has 0 aromatic rings. The SMILES string of the molecule is CCCOC1(CNC(=NC)NCCCOCCOC)CCCCC1. The maximum absolute atomic E-state index is 6.22. The minimum absolute atomic E-state index is 0.0187. The van der Waals surface area contributed by atoms with Gasteiger partial charge >= 0.3 is 0 Å². The number of rotatable bonds is 12. The van der Waals surface area contributed by atoms with Gasteiger partial charge < -0.3 is 24.8 Å². The summed E-state index contributed by atoms with van der Waals surface area (Å²) in [6.07, 6.45) is 8.15. The maximum Gasteiger partial charge on any atom is 0.191 e. The Labute approximate surface area is 147 Å². The molecule has 1 rings (SSSR count). The van der Waals surface area contributed by atoms with E-state index < -0.39 is 0 Å². The van der Waals surface area contributed by atoms with Crippen LogP contribution in [0.25, 0.3) is 0 Å². The van der Waals surface area contributed by atoms with E-state index in [2.05, 4.69) is 22.5 Å². The first-order valence-electron chi connectivity index (χ1n) is 9.41. The van der Waals surface area contributed by atoms with E-state index in [-0.39, 0.29) is 5.60 Å². The Morgan fingerprint density at radius 2 is 1.83 bits per heavy atom. The average Bonchev–Trinajstić information content (AvgIpc) is 2.62. The molecule has 0 aromatic carbocycles. The van der Waals surface area contributed by atoms with Gasteiger partial charge in [0.15, 0.2) is 5.96 Å². The number of guanidine groups is 1.